The summed E-state index contributed by atoms with van der Waals surface area (Å²) < 4.78 is 0. The third-order valence-electron chi connectivity index (χ3n) is 6.62. The van der Waals surface area contributed by atoms with E-state index >= 15 is 0 Å². The summed E-state index contributed by atoms with van der Waals surface area (Å²) in [4.78, 5) is 15.0. The molecule has 1 aliphatic heterocycles. The van der Waals surface area contributed by atoms with Crippen molar-refractivity contribution >= 4 is 5.91 Å². The summed E-state index contributed by atoms with van der Waals surface area (Å²) in [6.07, 6.45) is 9.34. The molecule has 5 aliphatic rings. The van der Waals surface area contributed by atoms with E-state index in [4.69, 9.17) is 0 Å². The highest BCUT2D eigenvalue weighted by Crippen LogP contribution is 2.55. The largest absolute Gasteiger partial charge is 0.342 e. The van der Waals surface area contributed by atoms with Gasteiger partial charge in [-0.2, -0.15) is 0 Å². The van der Waals surface area contributed by atoms with Gasteiger partial charge in [0, 0.05) is 19.6 Å². The van der Waals surface area contributed by atoms with Crippen LogP contribution >= 0.6 is 0 Å². The van der Waals surface area contributed by atoms with Gasteiger partial charge >= 0.3 is 0 Å². The summed E-state index contributed by atoms with van der Waals surface area (Å²) in [6.45, 7) is 1.99. The quantitative estimate of drug-likeness (QED) is 0.839. The summed E-state index contributed by atoms with van der Waals surface area (Å²) in [5.41, 5.74) is 0. The SMILES string of the molecule is CN(C(=O)C1CCCNC1)C1C2CC3CC(C2)CC1C3. The molecular weight excluding hydrogens is 248 g/mol. The van der Waals surface area contributed by atoms with Gasteiger partial charge in [-0.3, -0.25) is 4.79 Å². The Labute approximate surface area is 122 Å². The Morgan fingerprint density at radius 3 is 2.25 bits per heavy atom. The molecule has 4 bridgehead atoms. The molecule has 5 rings (SSSR count). The zero-order chi connectivity index (χ0) is 13.7. The maximum Gasteiger partial charge on any atom is 0.226 e. The second-order valence-corrected chi connectivity index (χ2v) is 7.91. The zero-order valence-electron chi connectivity index (χ0n) is 12.7. The van der Waals surface area contributed by atoms with E-state index in [0.29, 0.717) is 11.9 Å². The minimum Gasteiger partial charge on any atom is -0.342 e. The van der Waals surface area contributed by atoms with E-state index in [0.717, 1.165) is 49.6 Å². The van der Waals surface area contributed by atoms with Crippen LogP contribution in [0.5, 0.6) is 0 Å². The van der Waals surface area contributed by atoms with Crippen LogP contribution in [0.3, 0.4) is 0 Å². The van der Waals surface area contributed by atoms with Crippen molar-refractivity contribution in [3.05, 3.63) is 0 Å². The van der Waals surface area contributed by atoms with Gasteiger partial charge in [-0.25, -0.2) is 0 Å². The first-order valence-electron chi connectivity index (χ1n) is 8.69. The molecule has 4 saturated carbocycles. The van der Waals surface area contributed by atoms with E-state index < -0.39 is 0 Å². The van der Waals surface area contributed by atoms with E-state index in [1.807, 2.05) is 0 Å². The number of rotatable bonds is 2. The van der Waals surface area contributed by atoms with Gasteiger partial charge in [-0.1, -0.05) is 0 Å². The molecule has 1 saturated heterocycles. The standard InChI is InChI=1S/C17H28N2O/c1-19(17(20)13-3-2-4-18-10-13)16-14-6-11-5-12(8-14)9-15(16)7-11/h11-16,18H,2-10H2,1H3. The van der Waals surface area contributed by atoms with Crippen LogP contribution in [-0.4, -0.2) is 37.0 Å². The molecule has 4 aliphatic carbocycles. The van der Waals surface area contributed by atoms with Crippen molar-refractivity contribution in [2.75, 3.05) is 20.1 Å². The average Bonchev–Trinajstić information content (AvgIpc) is 2.46. The molecule has 0 spiro atoms. The highest BCUT2D eigenvalue weighted by Gasteiger charge is 2.50. The Hall–Kier alpha value is -0.570. The van der Waals surface area contributed by atoms with E-state index in [2.05, 4.69) is 17.3 Å². The van der Waals surface area contributed by atoms with Crippen LogP contribution in [0.1, 0.15) is 44.9 Å². The molecule has 0 aromatic heterocycles. The molecule has 1 atom stereocenters. The second-order valence-electron chi connectivity index (χ2n) is 7.91. The first kappa shape index (κ1) is 13.1. The minimum atomic E-state index is 0.242. The lowest BCUT2D eigenvalue weighted by Gasteiger charge is -2.57. The Balaban J connectivity index is 1.47. The topological polar surface area (TPSA) is 32.3 Å². The lowest BCUT2D eigenvalue weighted by atomic mass is 9.54. The van der Waals surface area contributed by atoms with Gasteiger partial charge < -0.3 is 10.2 Å². The molecule has 0 radical (unpaired) electrons. The van der Waals surface area contributed by atoms with Gasteiger partial charge in [0.1, 0.15) is 0 Å². The first-order chi connectivity index (χ1) is 9.72. The van der Waals surface area contributed by atoms with Crippen molar-refractivity contribution in [1.29, 1.82) is 0 Å². The summed E-state index contributed by atoms with van der Waals surface area (Å²) in [7, 11) is 2.10. The molecule has 0 aromatic carbocycles. The van der Waals surface area contributed by atoms with Crippen molar-refractivity contribution in [3.8, 4) is 0 Å². The fraction of sp³-hybridized carbons (Fsp3) is 0.941. The maximum absolute atomic E-state index is 12.8. The molecular formula is C17H28N2O. The summed E-state index contributed by atoms with van der Waals surface area (Å²) in [6, 6.07) is 0.567. The molecule has 1 N–H and O–H groups in total. The lowest BCUT2D eigenvalue weighted by Crippen LogP contribution is -2.57. The van der Waals surface area contributed by atoms with Crippen LogP contribution in [0.25, 0.3) is 0 Å². The van der Waals surface area contributed by atoms with Crippen molar-refractivity contribution in [1.82, 2.24) is 10.2 Å². The predicted molar refractivity (Wildman–Crippen MR) is 79.2 cm³/mol. The molecule has 20 heavy (non-hydrogen) atoms. The van der Waals surface area contributed by atoms with E-state index in [1.54, 1.807) is 0 Å². The van der Waals surface area contributed by atoms with E-state index in [-0.39, 0.29) is 5.92 Å². The number of amides is 1. The molecule has 0 aromatic rings. The van der Waals surface area contributed by atoms with Gasteiger partial charge in [-0.15, -0.1) is 0 Å². The fourth-order valence-electron chi connectivity index (χ4n) is 6.03. The number of carbonyl (C=O) groups excluding carboxylic acids is 1. The van der Waals surface area contributed by atoms with Crippen LogP contribution in [0.15, 0.2) is 0 Å². The van der Waals surface area contributed by atoms with Crippen molar-refractivity contribution in [2.45, 2.75) is 51.0 Å². The number of hydrogen-bond donors (Lipinski definition) is 1. The van der Waals surface area contributed by atoms with Gasteiger partial charge in [0.05, 0.1) is 5.92 Å². The van der Waals surface area contributed by atoms with Gasteiger partial charge in [-0.05, 0) is 75.2 Å². The highest BCUT2D eigenvalue weighted by molar-refractivity contribution is 5.79. The molecule has 5 fully saturated rings. The number of piperidine rings is 1. The average molecular weight is 276 g/mol. The lowest BCUT2D eigenvalue weighted by molar-refractivity contribution is -0.145. The summed E-state index contributed by atoms with van der Waals surface area (Å²) in [5, 5.41) is 3.39. The molecule has 112 valence electrons. The van der Waals surface area contributed by atoms with Crippen molar-refractivity contribution in [2.24, 2.45) is 29.6 Å². The molecule has 1 unspecified atom stereocenters. The van der Waals surface area contributed by atoms with Crippen molar-refractivity contribution < 1.29 is 4.79 Å². The second kappa shape index (κ2) is 5.01. The fourth-order valence-corrected chi connectivity index (χ4v) is 6.03. The van der Waals surface area contributed by atoms with Gasteiger partial charge in [0.15, 0.2) is 0 Å². The maximum atomic E-state index is 12.8. The Morgan fingerprint density at radius 1 is 1.05 bits per heavy atom. The highest BCUT2D eigenvalue weighted by atomic mass is 16.2. The van der Waals surface area contributed by atoms with Crippen LogP contribution in [-0.2, 0) is 4.79 Å². The summed E-state index contributed by atoms with van der Waals surface area (Å²) >= 11 is 0. The Kier molecular flexibility index (Phi) is 3.29. The van der Waals surface area contributed by atoms with Crippen LogP contribution < -0.4 is 5.32 Å². The number of nitrogens with zero attached hydrogens (tertiary/aromatic N) is 1. The Morgan fingerprint density at radius 2 is 1.70 bits per heavy atom. The van der Waals surface area contributed by atoms with Crippen LogP contribution in [0.2, 0.25) is 0 Å². The molecule has 1 amide bonds. The van der Waals surface area contributed by atoms with Crippen molar-refractivity contribution in [3.63, 3.8) is 0 Å². The number of hydrogen-bond acceptors (Lipinski definition) is 2. The Bertz CT molecular complexity index is 360. The van der Waals surface area contributed by atoms with Crippen LogP contribution in [0, 0.1) is 29.6 Å². The predicted octanol–water partition coefficient (Wildman–Crippen LogP) is 2.27. The molecule has 3 heteroatoms. The zero-order valence-corrected chi connectivity index (χ0v) is 12.7. The molecule has 3 nitrogen and oxygen atoms in total. The number of carbonyl (C=O) groups is 1. The first-order valence-corrected chi connectivity index (χ1v) is 8.69. The summed E-state index contributed by atoms with van der Waals surface area (Å²) in [5.74, 6) is 4.29. The molecule has 1 heterocycles. The van der Waals surface area contributed by atoms with E-state index in [9.17, 15) is 4.79 Å². The minimum absolute atomic E-state index is 0.242. The third-order valence-corrected chi connectivity index (χ3v) is 6.62. The van der Waals surface area contributed by atoms with Gasteiger partial charge in [0.2, 0.25) is 5.91 Å². The van der Waals surface area contributed by atoms with E-state index in [1.165, 1.54) is 32.1 Å². The smallest absolute Gasteiger partial charge is 0.226 e. The van der Waals surface area contributed by atoms with Crippen LogP contribution in [0.4, 0.5) is 0 Å². The van der Waals surface area contributed by atoms with Gasteiger partial charge in [0.25, 0.3) is 0 Å². The normalized spacial score (nSPS) is 46.5. The monoisotopic (exact) mass is 276 g/mol. The third kappa shape index (κ3) is 2.09. The number of nitrogens with one attached hydrogen (secondary N) is 1.